The van der Waals surface area contributed by atoms with Crippen molar-refractivity contribution in [3.63, 3.8) is 0 Å². The van der Waals surface area contributed by atoms with E-state index in [1.807, 2.05) is 6.07 Å². The second kappa shape index (κ2) is 8.03. The number of nitrogens with zero attached hydrogens (tertiary/aromatic N) is 1. The van der Waals surface area contributed by atoms with Crippen molar-refractivity contribution < 1.29 is 17.6 Å². The maximum Gasteiger partial charge on any atom is 0.243 e. The third kappa shape index (κ3) is 4.62. The van der Waals surface area contributed by atoms with E-state index in [2.05, 4.69) is 5.32 Å². The lowest BCUT2D eigenvalue weighted by molar-refractivity contribution is -0.121. The third-order valence-electron chi connectivity index (χ3n) is 3.35. The van der Waals surface area contributed by atoms with Gasteiger partial charge in [0.05, 0.1) is 11.4 Å². The lowest BCUT2D eigenvalue weighted by Gasteiger charge is -2.22. The van der Waals surface area contributed by atoms with Crippen molar-refractivity contribution in [1.82, 2.24) is 9.62 Å². The summed E-state index contributed by atoms with van der Waals surface area (Å²) in [4.78, 5) is 11.8. The summed E-state index contributed by atoms with van der Waals surface area (Å²) in [6, 6.07) is 13.5. The van der Waals surface area contributed by atoms with Crippen molar-refractivity contribution in [3.05, 3.63) is 66.0 Å². The van der Waals surface area contributed by atoms with Crippen LogP contribution in [0.25, 0.3) is 0 Å². The van der Waals surface area contributed by atoms with Crippen molar-refractivity contribution in [3.8, 4) is 0 Å². The summed E-state index contributed by atoms with van der Waals surface area (Å²) >= 11 is 0. The fourth-order valence-electron chi connectivity index (χ4n) is 2.18. The van der Waals surface area contributed by atoms with Crippen LogP contribution < -0.4 is 5.32 Å². The zero-order valence-electron chi connectivity index (χ0n) is 13.3. The Morgan fingerprint density at radius 3 is 2.29 bits per heavy atom. The van der Waals surface area contributed by atoms with E-state index in [0.29, 0.717) is 6.54 Å². The molecule has 0 aliphatic carbocycles. The predicted molar refractivity (Wildman–Crippen MR) is 89.1 cm³/mol. The van der Waals surface area contributed by atoms with E-state index in [1.54, 1.807) is 31.2 Å². The molecule has 7 heteroatoms. The minimum Gasteiger partial charge on any atom is -0.355 e. The smallest absolute Gasteiger partial charge is 0.243 e. The highest BCUT2D eigenvalue weighted by Gasteiger charge is 2.26. The Hall–Kier alpha value is -2.25. The molecule has 0 spiro atoms. The van der Waals surface area contributed by atoms with E-state index in [9.17, 15) is 17.6 Å². The van der Waals surface area contributed by atoms with Gasteiger partial charge in [-0.05, 0) is 36.8 Å². The molecular weight excluding hydrogens is 331 g/mol. The zero-order valence-corrected chi connectivity index (χ0v) is 14.1. The van der Waals surface area contributed by atoms with Gasteiger partial charge in [0.25, 0.3) is 0 Å². The molecule has 0 heterocycles. The van der Waals surface area contributed by atoms with Crippen LogP contribution in [0.5, 0.6) is 0 Å². The number of carbonyl (C=O) groups excluding carboxylic acids is 1. The first kappa shape index (κ1) is 18.1. The summed E-state index contributed by atoms with van der Waals surface area (Å²) in [6.07, 6.45) is 0. The van der Waals surface area contributed by atoms with E-state index >= 15 is 0 Å². The molecule has 0 unspecified atom stereocenters. The van der Waals surface area contributed by atoms with Gasteiger partial charge in [-0.2, -0.15) is 4.31 Å². The molecule has 0 atom stereocenters. The van der Waals surface area contributed by atoms with E-state index < -0.39 is 15.8 Å². The fraction of sp³-hybridized carbons (Fsp3) is 0.235. The Balaban J connectivity index is 2.32. The second-order valence-electron chi connectivity index (χ2n) is 5.17. The van der Waals surface area contributed by atoms with Gasteiger partial charge in [-0.25, -0.2) is 12.8 Å². The van der Waals surface area contributed by atoms with Crippen LogP contribution >= 0.6 is 0 Å². The first-order valence-corrected chi connectivity index (χ1v) is 8.94. The first-order valence-electron chi connectivity index (χ1n) is 7.50. The predicted octanol–water partition coefficient (Wildman–Crippen LogP) is 2.15. The van der Waals surface area contributed by atoms with Gasteiger partial charge in [0.15, 0.2) is 0 Å². The van der Waals surface area contributed by atoms with Crippen LogP contribution in [0.1, 0.15) is 12.5 Å². The molecule has 0 bridgehead atoms. The van der Waals surface area contributed by atoms with Gasteiger partial charge < -0.3 is 5.32 Å². The molecule has 5 nitrogen and oxygen atoms in total. The number of carbonyl (C=O) groups is 1. The Labute approximate surface area is 141 Å². The molecule has 128 valence electrons. The number of halogens is 1. The van der Waals surface area contributed by atoms with Crippen molar-refractivity contribution in [2.75, 3.05) is 13.1 Å². The molecule has 1 amide bonds. The summed E-state index contributed by atoms with van der Waals surface area (Å²) in [7, 11) is -3.92. The lowest BCUT2D eigenvalue weighted by atomic mass is 10.2. The van der Waals surface area contributed by atoms with Gasteiger partial charge >= 0.3 is 0 Å². The molecule has 24 heavy (non-hydrogen) atoms. The maximum atomic E-state index is 13.1. The SMILES string of the molecule is CCNC(=O)CN(Cc1ccccc1)S(=O)(=O)c1ccc(F)cc1. The van der Waals surface area contributed by atoms with Crippen LogP contribution in [0.4, 0.5) is 4.39 Å². The Morgan fingerprint density at radius 2 is 1.71 bits per heavy atom. The van der Waals surface area contributed by atoms with Gasteiger partial charge in [-0.15, -0.1) is 0 Å². The number of hydrogen-bond acceptors (Lipinski definition) is 3. The van der Waals surface area contributed by atoms with Crippen LogP contribution in [0.15, 0.2) is 59.5 Å². The molecule has 2 aromatic carbocycles. The second-order valence-corrected chi connectivity index (χ2v) is 7.10. The average Bonchev–Trinajstić information content (AvgIpc) is 2.56. The summed E-state index contributed by atoms with van der Waals surface area (Å²) in [6.45, 7) is 1.92. The molecule has 2 aromatic rings. The number of hydrogen-bond donors (Lipinski definition) is 1. The minimum atomic E-state index is -3.92. The van der Waals surface area contributed by atoms with Gasteiger partial charge in [0.1, 0.15) is 5.82 Å². The monoisotopic (exact) mass is 350 g/mol. The molecule has 2 rings (SSSR count). The maximum absolute atomic E-state index is 13.1. The van der Waals surface area contributed by atoms with Crippen molar-refractivity contribution in [1.29, 1.82) is 0 Å². The van der Waals surface area contributed by atoms with Crippen LogP contribution in [0.3, 0.4) is 0 Å². The molecule has 1 N–H and O–H groups in total. The Morgan fingerprint density at radius 1 is 1.08 bits per heavy atom. The highest BCUT2D eigenvalue weighted by atomic mass is 32.2. The topological polar surface area (TPSA) is 66.5 Å². The summed E-state index contributed by atoms with van der Waals surface area (Å²) in [5.74, 6) is -0.911. The van der Waals surface area contributed by atoms with E-state index in [-0.39, 0.29) is 23.9 Å². The first-order chi connectivity index (χ1) is 11.4. The van der Waals surface area contributed by atoms with Crippen molar-refractivity contribution in [2.24, 2.45) is 0 Å². The van der Waals surface area contributed by atoms with Crippen molar-refractivity contribution in [2.45, 2.75) is 18.4 Å². The van der Waals surface area contributed by atoms with E-state index in [0.717, 1.165) is 22.0 Å². The van der Waals surface area contributed by atoms with Crippen molar-refractivity contribution >= 4 is 15.9 Å². The normalized spacial score (nSPS) is 11.5. The van der Waals surface area contributed by atoms with Gasteiger partial charge in [0, 0.05) is 13.1 Å². The quantitative estimate of drug-likeness (QED) is 0.832. The highest BCUT2D eigenvalue weighted by Crippen LogP contribution is 2.18. The molecule has 0 aliphatic rings. The van der Waals surface area contributed by atoms with Crippen LogP contribution in [0, 0.1) is 5.82 Å². The average molecular weight is 350 g/mol. The van der Waals surface area contributed by atoms with E-state index in [4.69, 9.17) is 0 Å². The lowest BCUT2D eigenvalue weighted by Crippen LogP contribution is -2.40. The van der Waals surface area contributed by atoms with Gasteiger partial charge in [0.2, 0.25) is 15.9 Å². The molecule has 0 aromatic heterocycles. The Bertz CT molecular complexity index is 777. The van der Waals surface area contributed by atoms with E-state index in [1.165, 1.54) is 12.1 Å². The number of rotatable bonds is 7. The molecule has 0 radical (unpaired) electrons. The fourth-order valence-corrected chi connectivity index (χ4v) is 3.57. The zero-order chi connectivity index (χ0) is 17.6. The summed E-state index contributed by atoms with van der Waals surface area (Å²) in [5, 5.41) is 2.59. The van der Waals surface area contributed by atoms with Crippen LogP contribution in [-0.2, 0) is 21.4 Å². The number of benzene rings is 2. The molecule has 0 saturated carbocycles. The van der Waals surface area contributed by atoms with Crippen LogP contribution in [-0.4, -0.2) is 31.7 Å². The van der Waals surface area contributed by atoms with Gasteiger partial charge in [-0.3, -0.25) is 4.79 Å². The largest absolute Gasteiger partial charge is 0.355 e. The number of nitrogens with one attached hydrogen (secondary N) is 1. The Kier molecular flexibility index (Phi) is 6.05. The summed E-state index contributed by atoms with van der Waals surface area (Å²) in [5.41, 5.74) is 0.757. The molecule has 0 fully saturated rings. The third-order valence-corrected chi connectivity index (χ3v) is 5.15. The number of likely N-dealkylation sites (N-methyl/N-ethyl adjacent to an activating group) is 1. The number of amides is 1. The summed E-state index contributed by atoms with van der Waals surface area (Å²) < 4.78 is 39.8. The minimum absolute atomic E-state index is 0.0517. The number of sulfonamides is 1. The molecule has 0 aliphatic heterocycles. The molecular formula is C17H19FN2O3S. The van der Waals surface area contributed by atoms with Gasteiger partial charge in [-0.1, -0.05) is 30.3 Å². The standard InChI is InChI=1S/C17H19FN2O3S/c1-2-19-17(21)13-20(12-14-6-4-3-5-7-14)24(22,23)16-10-8-15(18)9-11-16/h3-11H,2,12-13H2,1H3,(H,19,21). The van der Waals surface area contributed by atoms with Crippen LogP contribution in [0.2, 0.25) is 0 Å². The highest BCUT2D eigenvalue weighted by molar-refractivity contribution is 7.89. The molecule has 0 saturated heterocycles.